The molecule has 1 aliphatic heterocycles. The van der Waals surface area contributed by atoms with Gasteiger partial charge in [-0.2, -0.15) is 0 Å². The minimum absolute atomic E-state index is 0.459. The van der Waals surface area contributed by atoms with E-state index in [2.05, 4.69) is 64.2 Å². The molecule has 148 valence electrons. The molecule has 0 unspecified atom stereocenters. The van der Waals surface area contributed by atoms with E-state index in [1.807, 2.05) is 25.1 Å². The van der Waals surface area contributed by atoms with Crippen LogP contribution in [0.2, 0.25) is 0 Å². The van der Waals surface area contributed by atoms with Crippen LogP contribution >= 0.6 is 0 Å². The van der Waals surface area contributed by atoms with Crippen LogP contribution in [-0.4, -0.2) is 26.8 Å². The Bertz CT molecular complexity index is 1090. The molecule has 2 aromatic rings. The second-order valence-corrected chi connectivity index (χ2v) is 6.86. The van der Waals surface area contributed by atoms with Crippen molar-refractivity contribution in [2.75, 3.05) is 6.54 Å². The van der Waals surface area contributed by atoms with Gasteiger partial charge in [0.1, 0.15) is 6.21 Å². The highest BCUT2D eigenvalue weighted by Crippen LogP contribution is 2.05. The number of allylic oxidation sites excluding steroid dienone is 4. The molecule has 29 heavy (non-hydrogen) atoms. The zero-order valence-corrected chi connectivity index (χ0v) is 16.6. The molecule has 3 rings (SSSR count). The predicted molar refractivity (Wildman–Crippen MR) is 118 cm³/mol. The monoisotopic (exact) mass is 388 g/mol. The zero-order chi connectivity index (χ0) is 20.5. The molecular formula is C24H26N3O2+. The Morgan fingerprint density at radius 3 is 2.83 bits per heavy atom. The molecule has 1 aromatic heterocycles. The van der Waals surface area contributed by atoms with Crippen LogP contribution in [0, 0.1) is 10.1 Å². The number of rotatable bonds is 8. The molecule has 0 atom stereocenters. The Labute approximate surface area is 170 Å². The topological polar surface area (TPSA) is 51.1 Å². The summed E-state index contributed by atoms with van der Waals surface area (Å²) in [5, 5.41) is 12.8. The molecule has 1 aromatic carbocycles. The lowest BCUT2D eigenvalue weighted by Crippen LogP contribution is -2.29. The predicted octanol–water partition coefficient (Wildman–Crippen LogP) is 3.22. The van der Waals surface area contributed by atoms with E-state index in [1.54, 1.807) is 6.08 Å². The van der Waals surface area contributed by atoms with Crippen LogP contribution in [0.1, 0.15) is 25.3 Å². The summed E-state index contributed by atoms with van der Waals surface area (Å²) >= 11 is 0. The quantitative estimate of drug-likeness (QED) is 0.302. The smallest absolute Gasteiger partial charge is 0.234 e. The van der Waals surface area contributed by atoms with Crippen LogP contribution in [0.3, 0.4) is 0 Å². The van der Waals surface area contributed by atoms with Crippen molar-refractivity contribution in [2.45, 2.75) is 26.3 Å². The molecule has 0 fully saturated rings. The molecule has 5 heteroatoms. The van der Waals surface area contributed by atoms with E-state index >= 15 is 0 Å². The molecule has 0 amide bonds. The number of benzene rings is 1. The number of hydrogen-bond donors (Lipinski definition) is 0. The van der Waals surface area contributed by atoms with E-state index in [4.69, 9.17) is 0 Å². The van der Waals surface area contributed by atoms with Gasteiger partial charge in [-0.15, -0.1) is 0 Å². The summed E-state index contributed by atoms with van der Waals surface area (Å²) in [5.41, 5.74) is 2.44. The third-order valence-corrected chi connectivity index (χ3v) is 4.85. The standard InChI is InChI=1S/C24H26N3O2/c1-2-21(9-6-7-16-27(28)29)13-17-25-15-8-12-24-23(20-25)14-18-26(24)19-22-10-4-3-5-11-22/h2-7,9-12,14-16,18,20H,8,13,17,19H2,1H3/q+1/b9-6-,16-7+,21-2+. The highest BCUT2D eigenvalue weighted by atomic mass is 16.6. The fraction of sp³-hybridized carbons (Fsp3) is 0.208. The normalized spacial score (nSPS) is 14.2. The summed E-state index contributed by atoms with van der Waals surface area (Å²) in [4.78, 5) is 9.87. The van der Waals surface area contributed by atoms with Crippen molar-refractivity contribution in [3.63, 3.8) is 0 Å². The maximum Gasteiger partial charge on any atom is 0.234 e. The first-order chi connectivity index (χ1) is 14.2. The highest BCUT2D eigenvalue weighted by Gasteiger charge is 2.07. The minimum atomic E-state index is -0.459. The first kappa shape index (κ1) is 20.3. The summed E-state index contributed by atoms with van der Waals surface area (Å²) in [6.45, 7) is 3.72. The van der Waals surface area contributed by atoms with Crippen molar-refractivity contribution in [3.8, 4) is 0 Å². The average Bonchev–Trinajstić information content (AvgIpc) is 2.96. The first-order valence-electron chi connectivity index (χ1n) is 9.79. The van der Waals surface area contributed by atoms with Gasteiger partial charge >= 0.3 is 0 Å². The lowest BCUT2D eigenvalue weighted by Gasteiger charge is -2.03. The Morgan fingerprint density at radius 1 is 1.24 bits per heavy atom. The van der Waals surface area contributed by atoms with Crippen LogP contribution in [-0.2, 0) is 6.54 Å². The molecule has 2 heterocycles. The number of hydrogen-bond acceptors (Lipinski definition) is 2. The van der Waals surface area contributed by atoms with Crippen LogP contribution in [0.4, 0.5) is 0 Å². The van der Waals surface area contributed by atoms with Crippen molar-refractivity contribution in [2.24, 2.45) is 0 Å². The molecule has 0 spiro atoms. The van der Waals surface area contributed by atoms with Gasteiger partial charge in [0.05, 0.1) is 15.5 Å². The Morgan fingerprint density at radius 2 is 2.07 bits per heavy atom. The molecule has 0 radical (unpaired) electrons. The van der Waals surface area contributed by atoms with Crippen molar-refractivity contribution in [1.82, 2.24) is 4.57 Å². The zero-order valence-electron chi connectivity index (χ0n) is 16.6. The van der Waals surface area contributed by atoms with Crippen LogP contribution in [0.15, 0.2) is 78.7 Å². The SMILES string of the molecule is C\C=C(/C=C\C=C\[N+](=O)[O-])CC[N+]1=CCC=c2c(ccn2Cc2ccccc2)=C1. The van der Waals surface area contributed by atoms with Crippen LogP contribution < -0.4 is 10.6 Å². The summed E-state index contributed by atoms with van der Waals surface area (Å²) in [6, 6.07) is 12.7. The summed E-state index contributed by atoms with van der Waals surface area (Å²) in [7, 11) is 0. The maximum atomic E-state index is 10.3. The molecule has 0 N–H and O–H groups in total. The van der Waals surface area contributed by atoms with Crippen LogP contribution in [0.25, 0.3) is 12.3 Å². The van der Waals surface area contributed by atoms with E-state index < -0.39 is 4.92 Å². The lowest BCUT2D eigenvalue weighted by atomic mass is 10.1. The third kappa shape index (κ3) is 6.01. The average molecular weight is 388 g/mol. The number of nitro groups is 1. The fourth-order valence-electron chi connectivity index (χ4n) is 3.33. The third-order valence-electron chi connectivity index (χ3n) is 4.85. The van der Waals surface area contributed by atoms with E-state index in [-0.39, 0.29) is 0 Å². The van der Waals surface area contributed by atoms with Gasteiger partial charge in [-0.3, -0.25) is 10.1 Å². The minimum Gasteiger partial charge on any atom is -0.343 e. The molecular weight excluding hydrogens is 362 g/mol. The van der Waals surface area contributed by atoms with Crippen molar-refractivity contribution >= 4 is 18.5 Å². The van der Waals surface area contributed by atoms with E-state index in [1.165, 1.54) is 22.2 Å². The van der Waals surface area contributed by atoms with Gasteiger partial charge in [0.15, 0.2) is 12.7 Å². The van der Waals surface area contributed by atoms with Crippen molar-refractivity contribution in [1.29, 1.82) is 0 Å². The van der Waals surface area contributed by atoms with E-state index in [0.717, 1.165) is 37.7 Å². The van der Waals surface area contributed by atoms with Gasteiger partial charge in [0.25, 0.3) is 0 Å². The second kappa shape index (κ2) is 10.2. The Kier molecular flexibility index (Phi) is 7.11. The Balaban J connectivity index is 1.68. The lowest BCUT2D eigenvalue weighted by molar-refractivity contribution is -0.416. The Hall–Kier alpha value is -3.47. The van der Waals surface area contributed by atoms with Gasteiger partial charge in [0, 0.05) is 31.7 Å². The highest BCUT2D eigenvalue weighted by molar-refractivity contribution is 5.62. The fourth-order valence-corrected chi connectivity index (χ4v) is 3.33. The van der Waals surface area contributed by atoms with Gasteiger partial charge in [-0.1, -0.05) is 54.6 Å². The number of nitrogens with zero attached hydrogens (tertiary/aromatic N) is 3. The van der Waals surface area contributed by atoms with Gasteiger partial charge < -0.3 is 4.57 Å². The maximum absolute atomic E-state index is 10.3. The second-order valence-electron chi connectivity index (χ2n) is 6.86. The van der Waals surface area contributed by atoms with E-state index in [0.29, 0.717) is 0 Å². The van der Waals surface area contributed by atoms with E-state index in [9.17, 15) is 10.1 Å². The molecule has 5 nitrogen and oxygen atoms in total. The summed E-state index contributed by atoms with van der Waals surface area (Å²) < 4.78 is 4.53. The van der Waals surface area contributed by atoms with Crippen molar-refractivity contribution < 1.29 is 9.50 Å². The molecule has 0 saturated heterocycles. The van der Waals surface area contributed by atoms with Crippen molar-refractivity contribution in [3.05, 3.63) is 105 Å². The van der Waals surface area contributed by atoms with Crippen LogP contribution in [0.5, 0.6) is 0 Å². The molecule has 0 saturated carbocycles. The number of aromatic nitrogens is 1. The summed E-state index contributed by atoms with van der Waals surface area (Å²) in [5.74, 6) is 0. The molecule has 0 bridgehead atoms. The van der Waals surface area contributed by atoms with Gasteiger partial charge in [0.2, 0.25) is 6.20 Å². The largest absolute Gasteiger partial charge is 0.343 e. The number of fused-ring (bicyclic) bond motifs is 1. The molecule has 1 aliphatic rings. The summed E-state index contributed by atoms with van der Waals surface area (Å²) in [6.07, 6.45) is 18.6. The molecule has 0 aliphatic carbocycles. The van der Waals surface area contributed by atoms with Gasteiger partial charge in [-0.25, -0.2) is 4.58 Å². The first-order valence-corrected chi connectivity index (χ1v) is 9.79. The van der Waals surface area contributed by atoms with Gasteiger partial charge in [-0.05, 0) is 24.1 Å².